The second-order valence-electron chi connectivity index (χ2n) is 6.06. The van der Waals surface area contributed by atoms with Gasteiger partial charge in [0.05, 0.1) is 30.2 Å². The lowest BCUT2D eigenvalue weighted by molar-refractivity contribution is -0.127. The van der Waals surface area contributed by atoms with Gasteiger partial charge in [0, 0.05) is 23.4 Å². The molecule has 2 aliphatic rings. The maximum Gasteiger partial charge on any atom is 0.255 e. The van der Waals surface area contributed by atoms with Gasteiger partial charge in [-0.15, -0.1) is 11.3 Å². The van der Waals surface area contributed by atoms with E-state index in [1.807, 2.05) is 39.2 Å². The van der Waals surface area contributed by atoms with Crippen LogP contribution in [-0.2, 0) is 16.1 Å². The van der Waals surface area contributed by atoms with Crippen molar-refractivity contribution in [1.82, 2.24) is 10.2 Å². The number of rotatable bonds is 4. The molecule has 0 aliphatic carbocycles. The van der Waals surface area contributed by atoms with Gasteiger partial charge in [-0.2, -0.15) is 11.3 Å². The molecule has 0 radical (unpaired) electrons. The first-order chi connectivity index (χ1) is 11.7. The smallest absolute Gasteiger partial charge is 0.255 e. The summed E-state index contributed by atoms with van der Waals surface area (Å²) in [5.74, 6) is -0.314. The van der Waals surface area contributed by atoms with E-state index < -0.39 is 0 Å². The van der Waals surface area contributed by atoms with Crippen LogP contribution in [0.2, 0.25) is 0 Å². The first-order valence-corrected chi connectivity index (χ1v) is 9.81. The lowest BCUT2D eigenvalue weighted by atomic mass is 10.0. The average molecular weight is 362 g/mol. The monoisotopic (exact) mass is 362 g/mol. The largest absolute Gasteiger partial charge is 0.375 e. The molecule has 5 nitrogen and oxygen atoms in total. The normalized spacial score (nSPS) is 25.7. The molecule has 7 heteroatoms. The minimum atomic E-state index is -0.292. The summed E-state index contributed by atoms with van der Waals surface area (Å²) in [6, 6.07) is 5.82. The zero-order valence-electron chi connectivity index (χ0n) is 13.0. The summed E-state index contributed by atoms with van der Waals surface area (Å²) in [6.07, 6.45) is 0.617. The van der Waals surface area contributed by atoms with E-state index in [1.54, 1.807) is 11.3 Å². The molecule has 4 rings (SSSR count). The van der Waals surface area contributed by atoms with Crippen molar-refractivity contribution in [2.75, 3.05) is 13.2 Å². The molecule has 2 aromatic heterocycles. The highest BCUT2D eigenvalue weighted by atomic mass is 32.1. The number of hydrogen-bond acceptors (Lipinski definition) is 5. The number of ether oxygens (including phenoxy) is 1. The summed E-state index contributed by atoms with van der Waals surface area (Å²) in [6.45, 7) is 1.57. The molecular weight excluding hydrogens is 344 g/mol. The second-order valence-corrected chi connectivity index (χ2v) is 7.88. The third kappa shape index (κ3) is 2.87. The predicted octanol–water partition coefficient (Wildman–Crippen LogP) is 2.36. The van der Waals surface area contributed by atoms with Crippen LogP contribution in [-0.4, -0.2) is 42.0 Å². The molecule has 126 valence electrons. The molecule has 0 saturated carbocycles. The summed E-state index contributed by atoms with van der Waals surface area (Å²) in [5.41, 5.74) is 0.699. The van der Waals surface area contributed by atoms with Crippen LogP contribution in [0.1, 0.15) is 21.7 Å². The lowest BCUT2D eigenvalue weighted by Crippen LogP contribution is -2.37. The number of thiophene rings is 2. The van der Waals surface area contributed by atoms with Gasteiger partial charge >= 0.3 is 0 Å². The van der Waals surface area contributed by atoms with E-state index in [1.165, 1.54) is 11.3 Å². The van der Waals surface area contributed by atoms with Crippen LogP contribution in [0, 0.1) is 5.92 Å². The Bertz CT molecular complexity index is 714. The van der Waals surface area contributed by atoms with E-state index in [9.17, 15) is 9.59 Å². The number of likely N-dealkylation sites (tertiary alicyclic amines) is 1. The number of fused-ring (bicyclic) bond motifs is 1. The van der Waals surface area contributed by atoms with E-state index in [2.05, 4.69) is 5.32 Å². The molecule has 2 aromatic rings. The molecular formula is C17H18N2O3S2. The average Bonchev–Trinajstić information content (AvgIpc) is 3.37. The van der Waals surface area contributed by atoms with Crippen molar-refractivity contribution in [3.05, 3.63) is 44.8 Å². The van der Waals surface area contributed by atoms with E-state index in [0.29, 0.717) is 25.3 Å². The number of nitrogens with one attached hydrogen (secondary N) is 1. The summed E-state index contributed by atoms with van der Waals surface area (Å²) >= 11 is 3.13. The maximum atomic E-state index is 12.7. The minimum absolute atomic E-state index is 0.00491. The van der Waals surface area contributed by atoms with Crippen molar-refractivity contribution in [3.8, 4) is 0 Å². The minimum Gasteiger partial charge on any atom is -0.375 e. The van der Waals surface area contributed by atoms with Gasteiger partial charge in [0.25, 0.3) is 5.91 Å². The molecule has 2 amide bonds. The second kappa shape index (κ2) is 6.66. The zero-order chi connectivity index (χ0) is 16.5. The highest BCUT2D eigenvalue weighted by Crippen LogP contribution is 2.34. The van der Waals surface area contributed by atoms with Crippen LogP contribution in [0.3, 0.4) is 0 Å². The Morgan fingerprint density at radius 1 is 1.33 bits per heavy atom. The van der Waals surface area contributed by atoms with Crippen molar-refractivity contribution in [1.29, 1.82) is 0 Å². The van der Waals surface area contributed by atoms with Gasteiger partial charge in [0.2, 0.25) is 5.91 Å². The Morgan fingerprint density at radius 2 is 2.25 bits per heavy atom. The zero-order valence-corrected chi connectivity index (χ0v) is 14.6. The van der Waals surface area contributed by atoms with E-state index >= 15 is 0 Å². The standard InChI is InChI=1S/C17H18N2O3S2/c20-16(18-8-12-2-1-6-24-12)13-9-19(14-3-5-22-15(13)14)17(21)11-4-7-23-10-11/h1-2,4,6-7,10,13-15H,3,5,8-9H2,(H,18,20)/t13-,14+,15+/m1/s1. The van der Waals surface area contributed by atoms with E-state index in [0.717, 1.165) is 11.3 Å². The van der Waals surface area contributed by atoms with Crippen LogP contribution < -0.4 is 5.32 Å². The molecule has 1 N–H and O–H groups in total. The van der Waals surface area contributed by atoms with Crippen LogP contribution in [0.25, 0.3) is 0 Å². The maximum absolute atomic E-state index is 12.7. The van der Waals surface area contributed by atoms with E-state index in [-0.39, 0.29) is 29.9 Å². The van der Waals surface area contributed by atoms with Crippen molar-refractivity contribution < 1.29 is 14.3 Å². The molecule has 3 atom stereocenters. The first-order valence-electron chi connectivity index (χ1n) is 7.99. The van der Waals surface area contributed by atoms with Crippen molar-refractivity contribution in [2.24, 2.45) is 5.92 Å². The summed E-state index contributed by atoms with van der Waals surface area (Å²) < 4.78 is 5.80. The molecule has 2 fully saturated rings. The van der Waals surface area contributed by atoms with Gasteiger partial charge in [-0.3, -0.25) is 9.59 Å². The van der Waals surface area contributed by atoms with Crippen LogP contribution in [0.4, 0.5) is 0 Å². The molecule has 0 bridgehead atoms. The quantitative estimate of drug-likeness (QED) is 0.908. The molecule has 2 aliphatic heterocycles. The third-order valence-corrected chi connectivity index (χ3v) is 6.24. The van der Waals surface area contributed by atoms with Crippen LogP contribution in [0.15, 0.2) is 34.3 Å². The van der Waals surface area contributed by atoms with Gasteiger partial charge < -0.3 is 15.0 Å². The topological polar surface area (TPSA) is 58.6 Å². The van der Waals surface area contributed by atoms with Gasteiger partial charge in [-0.05, 0) is 29.3 Å². The van der Waals surface area contributed by atoms with Crippen LogP contribution >= 0.6 is 22.7 Å². The number of carbonyl (C=O) groups excluding carboxylic acids is 2. The summed E-state index contributed by atoms with van der Waals surface area (Å²) in [5, 5.41) is 8.74. The number of hydrogen-bond donors (Lipinski definition) is 1. The Kier molecular flexibility index (Phi) is 4.39. The number of nitrogens with zero attached hydrogens (tertiary/aromatic N) is 1. The Morgan fingerprint density at radius 3 is 3.00 bits per heavy atom. The van der Waals surface area contributed by atoms with Crippen molar-refractivity contribution >= 4 is 34.5 Å². The molecule has 24 heavy (non-hydrogen) atoms. The van der Waals surface area contributed by atoms with Gasteiger partial charge in [0.1, 0.15) is 0 Å². The van der Waals surface area contributed by atoms with Gasteiger partial charge in [-0.25, -0.2) is 0 Å². The fourth-order valence-corrected chi connectivity index (χ4v) is 4.78. The van der Waals surface area contributed by atoms with Crippen molar-refractivity contribution in [2.45, 2.75) is 25.1 Å². The third-order valence-electron chi connectivity index (χ3n) is 4.68. The van der Waals surface area contributed by atoms with Crippen LogP contribution in [0.5, 0.6) is 0 Å². The Balaban J connectivity index is 1.46. The predicted molar refractivity (Wildman–Crippen MR) is 93.2 cm³/mol. The summed E-state index contributed by atoms with van der Waals surface area (Å²) in [4.78, 5) is 28.3. The van der Waals surface area contributed by atoms with Gasteiger partial charge in [-0.1, -0.05) is 6.07 Å². The molecule has 0 spiro atoms. The number of carbonyl (C=O) groups is 2. The Hall–Kier alpha value is -1.70. The molecule has 2 saturated heterocycles. The van der Waals surface area contributed by atoms with E-state index in [4.69, 9.17) is 4.74 Å². The molecule has 4 heterocycles. The summed E-state index contributed by atoms with van der Waals surface area (Å²) in [7, 11) is 0. The fourth-order valence-electron chi connectivity index (χ4n) is 3.51. The highest BCUT2D eigenvalue weighted by Gasteiger charge is 2.50. The highest BCUT2D eigenvalue weighted by molar-refractivity contribution is 7.09. The Labute approximate surface area is 148 Å². The lowest BCUT2D eigenvalue weighted by Gasteiger charge is -2.21. The first kappa shape index (κ1) is 15.8. The van der Waals surface area contributed by atoms with Crippen molar-refractivity contribution in [3.63, 3.8) is 0 Å². The fraction of sp³-hybridized carbons (Fsp3) is 0.412. The van der Waals surface area contributed by atoms with Gasteiger partial charge in [0.15, 0.2) is 0 Å². The molecule has 0 aromatic carbocycles. The molecule has 0 unspecified atom stereocenters. The number of amides is 2. The SMILES string of the molecule is O=C(NCc1cccs1)[C@@H]1CN(C(=O)c2ccsc2)[C@H]2CCO[C@@H]12.